The highest BCUT2D eigenvalue weighted by Gasteiger charge is 2.13. The number of aromatic hydroxyl groups is 2. The van der Waals surface area contributed by atoms with E-state index >= 15 is 0 Å². The molecule has 0 spiro atoms. The lowest BCUT2D eigenvalue weighted by atomic mass is 10.2. The third-order valence-electron chi connectivity index (χ3n) is 2.76. The van der Waals surface area contributed by atoms with Crippen molar-refractivity contribution in [3.8, 4) is 17.2 Å². The maximum Gasteiger partial charge on any atom is 0.117 e. The molecule has 2 aromatic carbocycles. The van der Waals surface area contributed by atoms with Crippen LogP contribution in [0.25, 0.3) is 16.6 Å². The molecule has 2 N–H and O–H groups in total. The quantitative estimate of drug-likeness (QED) is 0.577. The zero-order valence-corrected chi connectivity index (χ0v) is 13.3. The van der Waals surface area contributed by atoms with E-state index in [4.69, 9.17) is 0 Å². The van der Waals surface area contributed by atoms with Crippen molar-refractivity contribution in [2.45, 2.75) is 0 Å². The first-order chi connectivity index (χ1) is 9.06. The number of halogens is 2. The van der Waals surface area contributed by atoms with E-state index in [1.165, 1.54) is 0 Å². The maximum atomic E-state index is 9.53. The predicted octanol–water partition coefficient (Wildman–Crippen LogP) is 3.80. The predicted molar refractivity (Wildman–Crippen MR) is 84.8 cm³/mol. The molecular formula is C13H8BrIN2O2. The minimum atomic E-state index is 0.202. The Morgan fingerprint density at radius 2 is 1.74 bits per heavy atom. The largest absolute Gasteiger partial charge is 0.508 e. The highest BCUT2D eigenvalue weighted by atomic mass is 127. The molecule has 0 unspecified atom stereocenters. The van der Waals surface area contributed by atoms with Crippen LogP contribution in [0.5, 0.6) is 11.5 Å². The maximum absolute atomic E-state index is 9.53. The molecular weight excluding hydrogens is 423 g/mol. The molecule has 0 saturated carbocycles. The third kappa shape index (κ3) is 2.18. The van der Waals surface area contributed by atoms with Crippen molar-refractivity contribution in [2.75, 3.05) is 0 Å². The molecule has 0 bridgehead atoms. The smallest absolute Gasteiger partial charge is 0.117 e. The van der Waals surface area contributed by atoms with E-state index in [0.717, 1.165) is 24.8 Å². The number of hydrogen-bond acceptors (Lipinski definition) is 3. The SMILES string of the molecule is Oc1ccc(-n2nc3ccc(O)cc3c2Br)c(I)c1. The second kappa shape index (κ2) is 4.68. The van der Waals surface area contributed by atoms with Gasteiger partial charge >= 0.3 is 0 Å². The molecule has 0 fully saturated rings. The minimum absolute atomic E-state index is 0.202. The fourth-order valence-electron chi connectivity index (χ4n) is 1.87. The number of nitrogens with zero attached hydrogens (tertiary/aromatic N) is 2. The van der Waals surface area contributed by atoms with Gasteiger partial charge in [-0.2, -0.15) is 5.10 Å². The number of rotatable bonds is 1. The van der Waals surface area contributed by atoms with Crippen LogP contribution in [0.3, 0.4) is 0 Å². The summed E-state index contributed by atoms with van der Waals surface area (Å²) in [7, 11) is 0. The Morgan fingerprint density at radius 3 is 2.47 bits per heavy atom. The molecule has 0 aliphatic carbocycles. The van der Waals surface area contributed by atoms with Crippen molar-refractivity contribution in [3.05, 3.63) is 44.6 Å². The molecule has 4 nitrogen and oxygen atoms in total. The van der Waals surface area contributed by atoms with E-state index in [1.807, 2.05) is 0 Å². The Bertz CT molecular complexity index is 786. The van der Waals surface area contributed by atoms with Gasteiger partial charge in [-0.3, -0.25) is 0 Å². The standard InChI is InChI=1S/C13H8BrIN2O2/c14-13-9-5-7(18)1-3-11(9)16-17(13)12-4-2-8(19)6-10(12)15/h1-6,18-19H. The summed E-state index contributed by atoms with van der Waals surface area (Å²) < 4.78 is 3.39. The average Bonchev–Trinajstić information content (AvgIpc) is 2.67. The van der Waals surface area contributed by atoms with Gasteiger partial charge in [0.05, 0.1) is 11.2 Å². The summed E-state index contributed by atoms with van der Waals surface area (Å²) in [6.07, 6.45) is 0. The zero-order valence-electron chi connectivity index (χ0n) is 9.51. The topological polar surface area (TPSA) is 58.3 Å². The van der Waals surface area contributed by atoms with Crippen LogP contribution in [0.2, 0.25) is 0 Å². The Morgan fingerprint density at radius 1 is 1.05 bits per heavy atom. The van der Waals surface area contributed by atoms with Crippen LogP contribution in [0.15, 0.2) is 41.0 Å². The molecule has 0 amide bonds. The molecule has 0 saturated heterocycles. The van der Waals surface area contributed by atoms with E-state index in [1.54, 1.807) is 41.1 Å². The van der Waals surface area contributed by atoms with Gasteiger partial charge in [0.25, 0.3) is 0 Å². The van der Waals surface area contributed by atoms with Crippen molar-refractivity contribution >= 4 is 49.4 Å². The van der Waals surface area contributed by atoms with Gasteiger partial charge in [0.1, 0.15) is 16.1 Å². The molecule has 0 radical (unpaired) electrons. The van der Waals surface area contributed by atoms with Gasteiger partial charge in [-0.05, 0) is 74.9 Å². The molecule has 1 heterocycles. The van der Waals surface area contributed by atoms with Crippen LogP contribution >= 0.6 is 38.5 Å². The summed E-state index contributed by atoms with van der Waals surface area (Å²) >= 11 is 5.65. The van der Waals surface area contributed by atoms with E-state index in [0.29, 0.717) is 0 Å². The van der Waals surface area contributed by atoms with Crippen LogP contribution in [0.1, 0.15) is 0 Å². The number of fused-ring (bicyclic) bond motifs is 1. The molecule has 0 aliphatic rings. The van der Waals surface area contributed by atoms with Gasteiger partial charge in [-0.15, -0.1) is 0 Å². The van der Waals surface area contributed by atoms with Crippen molar-refractivity contribution in [3.63, 3.8) is 0 Å². The lowest BCUT2D eigenvalue weighted by molar-refractivity contribution is 0.474. The van der Waals surface area contributed by atoms with Crippen LogP contribution in [0, 0.1) is 3.57 Å². The van der Waals surface area contributed by atoms with Gasteiger partial charge in [0.15, 0.2) is 0 Å². The molecule has 0 atom stereocenters. The van der Waals surface area contributed by atoms with Gasteiger partial charge in [-0.1, -0.05) is 0 Å². The Labute approximate surface area is 130 Å². The molecule has 1 aromatic heterocycles. The summed E-state index contributed by atoms with van der Waals surface area (Å²) in [5.74, 6) is 0.423. The zero-order chi connectivity index (χ0) is 13.6. The van der Waals surface area contributed by atoms with Gasteiger partial charge in [0, 0.05) is 8.96 Å². The lowest BCUT2D eigenvalue weighted by Gasteiger charge is -2.06. The Balaban J connectivity index is 2.28. The fraction of sp³-hybridized carbons (Fsp3) is 0. The first kappa shape index (κ1) is 12.7. The second-order valence-electron chi connectivity index (χ2n) is 4.04. The summed E-state index contributed by atoms with van der Waals surface area (Å²) in [5.41, 5.74) is 1.65. The van der Waals surface area contributed by atoms with Crippen molar-refractivity contribution in [1.82, 2.24) is 9.78 Å². The highest BCUT2D eigenvalue weighted by molar-refractivity contribution is 14.1. The molecule has 3 aromatic rings. The monoisotopic (exact) mass is 430 g/mol. The van der Waals surface area contributed by atoms with Crippen LogP contribution in [-0.2, 0) is 0 Å². The normalized spacial score (nSPS) is 11.1. The first-order valence-electron chi connectivity index (χ1n) is 5.42. The Kier molecular flexibility index (Phi) is 3.14. The number of phenolic OH excluding ortho intramolecular Hbond substituents is 2. The van der Waals surface area contributed by atoms with Crippen LogP contribution in [0.4, 0.5) is 0 Å². The number of phenols is 2. The van der Waals surface area contributed by atoms with E-state index < -0.39 is 0 Å². The van der Waals surface area contributed by atoms with Gasteiger partial charge in [-0.25, -0.2) is 4.68 Å². The average molecular weight is 431 g/mol. The van der Waals surface area contributed by atoms with Crippen molar-refractivity contribution in [1.29, 1.82) is 0 Å². The lowest BCUT2D eigenvalue weighted by Crippen LogP contribution is -1.98. The molecule has 96 valence electrons. The van der Waals surface area contributed by atoms with Crippen LogP contribution in [-0.4, -0.2) is 20.0 Å². The summed E-state index contributed by atoms with van der Waals surface area (Å²) in [6.45, 7) is 0. The summed E-state index contributed by atoms with van der Waals surface area (Å²) in [5, 5.41) is 24.3. The number of hydrogen-bond donors (Lipinski definition) is 2. The molecule has 19 heavy (non-hydrogen) atoms. The van der Waals surface area contributed by atoms with Gasteiger partial charge < -0.3 is 10.2 Å². The van der Waals surface area contributed by atoms with Crippen LogP contribution < -0.4 is 0 Å². The van der Waals surface area contributed by atoms with Crippen molar-refractivity contribution in [2.24, 2.45) is 0 Å². The number of aromatic nitrogens is 2. The highest BCUT2D eigenvalue weighted by Crippen LogP contribution is 2.31. The second-order valence-corrected chi connectivity index (χ2v) is 5.95. The molecule has 6 heteroatoms. The Hall–Kier alpha value is -1.28. The van der Waals surface area contributed by atoms with Gasteiger partial charge in [0.2, 0.25) is 0 Å². The summed E-state index contributed by atoms with van der Waals surface area (Å²) in [4.78, 5) is 0. The van der Waals surface area contributed by atoms with Crippen molar-refractivity contribution < 1.29 is 10.2 Å². The minimum Gasteiger partial charge on any atom is -0.508 e. The number of benzene rings is 2. The third-order valence-corrected chi connectivity index (χ3v) is 4.38. The molecule has 0 aliphatic heterocycles. The summed E-state index contributed by atoms with van der Waals surface area (Å²) in [6, 6.07) is 10.1. The fourth-order valence-corrected chi connectivity index (χ4v) is 3.18. The van der Waals surface area contributed by atoms with E-state index in [-0.39, 0.29) is 11.5 Å². The molecule has 3 rings (SSSR count). The van der Waals surface area contributed by atoms with E-state index in [9.17, 15) is 10.2 Å². The first-order valence-corrected chi connectivity index (χ1v) is 7.29. The van der Waals surface area contributed by atoms with E-state index in [2.05, 4.69) is 43.6 Å².